The lowest BCUT2D eigenvalue weighted by Crippen LogP contribution is -2.05. The Balaban J connectivity index is 1.67. The molecule has 0 aliphatic heterocycles. The van der Waals surface area contributed by atoms with Crippen molar-refractivity contribution in [1.29, 1.82) is 5.26 Å². The average molecular weight is 239 g/mol. The van der Waals surface area contributed by atoms with Crippen molar-refractivity contribution < 1.29 is 0 Å². The van der Waals surface area contributed by atoms with Crippen LogP contribution in [0, 0.1) is 16.7 Å². The van der Waals surface area contributed by atoms with Gasteiger partial charge in [-0.1, -0.05) is 43.5 Å². The molecule has 1 aromatic carbocycles. The van der Waals surface area contributed by atoms with E-state index < -0.39 is 0 Å². The summed E-state index contributed by atoms with van der Waals surface area (Å²) in [5.41, 5.74) is 2.85. The van der Waals surface area contributed by atoms with Gasteiger partial charge in [-0.2, -0.15) is 5.26 Å². The highest BCUT2D eigenvalue weighted by Crippen LogP contribution is 2.47. The highest BCUT2D eigenvalue weighted by molar-refractivity contribution is 5.29. The molecular weight excluding hydrogens is 218 g/mol. The molecule has 0 heterocycles. The molecular formula is C17H21N. The third-order valence-electron chi connectivity index (χ3n) is 4.69. The van der Waals surface area contributed by atoms with Gasteiger partial charge in [0.2, 0.25) is 0 Å². The van der Waals surface area contributed by atoms with Crippen molar-refractivity contribution in [2.45, 2.75) is 57.3 Å². The van der Waals surface area contributed by atoms with Crippen LogP contribution in [0.25, 0.3) is 0 Å². The first-order chi connectivity index (χ1) is 8.81. The van der Waals surface area contributed by atoms with Gasteiger partial charge < -0.3 is 0 Å². The van der Waals surface area contributed by atoms with Gasteiger partial charge in [0.25, 0.3) is 0 Å². The number of rotatable bonds is 3. The van der Waals surface area contributed by atoms with Crippen LogP contribution < -0.4 is 0 Å². The normalized spacial score (nSPS) is 22.4. The van der Waals surface area contributed by atoms with Gasteiger partial charge in [-0.25, -0.2) is 0 Å². The first-order valence-electron chi connectivity index (χ1n) is 7.31. The van der Waals surface area contributed by atoms with Gasteiger partial charge in [0.1, 0.15) is 0 Å². The van der Waals surface area contributed by atoms with E-state index in [0.29, 0.717) is 0 Å². The standard InChI is InChI=1S/C17H21N/c18-13-17(10-11-17)12-14-6-8-16(9-7-14)15-4-2-1-3-5-15/h6-9,15H,1-5,10-12H2. The van der Waals surface area contributed by atoms with Crippen LogP contribution in [0.15, 0.2) is 24.3 Å². The molecule has 0 atom stereocenters. The van der Waals surface area contributed by atoms with Crippen molar-refractivity contribution >= 4 is 0 Å². The van der Waals surface area contributed by atoms with Crippen LogP contribution in [0.2, 0.25) is 0 Å². The van der Waals surface area contributed by atoms with Crippen molar-refractivity contribution in [3.8, 4) is 6.07 Å². The summed E-state index contributed by atoms with van der Waals surface area (Å²) in [5, 5.41) is 9.13. The van der Waals surface area contributed by atoms with Crippen molar-refractivity contribution in [2.75, 3.05) is 0 Å². The van der Waals surface area contributed by atoms with Crippen molar-refractivity contribution in [3.63, 3.8) is 0 Å². The van der Waals surface area contributed by atoms with Gasteiger partial charge >= 0.3 is 0 Å². The minimum Gasteiger partial charge on any atom is -0.198 e. The summed E-state index contributed by atoms with van der Waals surface area (Å²) >= 11 is 0. The monoisotopic (exact) mass is 239 g/mol. The fourth-order valence-corrected chi connectivity index (χ4v) is 3.21. The van der Waals surface area contributed by atoms with Gasteiger partial charge in [-0.05, 0) is 49.1 Å². The first-order valence-corrected chi connectivity index (χ1v) is 7.31. The van der Waals surface area contributed by atoms with E-state index in [-0.39, 0.29) is 5.41 Å². The molecule has 94 valence electrons. The molecule has 0 bridgehead atoms. The molecule has 0 amide bonds. The van der Waals surface area contributed by atoms with Crippen LogP contribution >= 0.6 is 0 Å². The topological polar surface area (TPSA) is 23.8 Å². The van der Waals surface area contributed by atoms with Crippen LogP contribution in [0.5, 0.6) is 0 Å². The van der Waals surface area contributed by atoms with Crippen molar-refractivity contribution in [1.82, 2.24) is 0 Å². The fourth-order valence-electron chi connectivity index (χ4n) is 3.21. The van der Waals surface area contributed by atoms with Crippen LogP contribution in [0.4, 0.5) is 0 Å². The molecule has 0 spiro atoms. The molecule has 1 aromatic rings. The summed E-state index contributed by atoms with van der Waals surface area (Å²) in [4.78, 5) is 0. The lowest BCUT2D eigenvalue weighted by atomic mass is 9.83. The highest BCUT2D eigenvalue weighted by atomic mass is 14.5. The molecule has 18 heavy (non-hydrogen) atoms. The Bertz CT molecular complexity index is 441. The molecule has 1 nitrogen and oxygen atoms in total. The molecule has 3 rings (SSSR count). The summed E-state index contributed by atoms with van der Waals surface area (Å²) in [7, 11) is 0. The Hall–Kier alpha value is -1.29. The maximum absolute atomic E-state index is 9.13. The van der Waals surface area contributed by atoms with Crippen LogP contribution in [0.3, 0.4) is 0 Å². The zero-order chi connectivity index (χ0) is 12.4. The second-order valence-electron chi connectivity index (χ2n) is 6.15. The first kappa shape index (κ1) is 11.8. The van der Waals surface area contributed by atoms with Crippen LogP contribution in [-0.4, -0.2) is 0 Å². The largest absolute Gasteiger partial charge is 0.198 e. The molecule has 2 saturated carbocycles. The van der Waals surface area contributed by atoms with E-state index in [1.165, 1.54) is 43.2 Å². The average Bonchev–Trinajstić information content (AvgIpc) is 3.21. The molecule has 1 heteroatoms. The second kappa shape index (κ2) is 4.76. The Morgan fingerprint density at radius 3 is 2.28 bits per heavy atom. The van der Waals surface area contributed by atoms with Gasteiger partial charge in [0, 0.05) is 0 Å². The summed E-state index contributed by atoms with van der Waals surface area (Å²) in [6.07, 6.45) is 10.1. The maximum Gasteiger partial charge on any atom is 0.0693 e. The number of hydrogen-bond donors (Lipinski definition) is 0. The second-order valence-corrected chi connectivity index (χ2v) is 6.15. The minimum atomic E-state index is -0.00758. The minimum absolute atomic E-state index is 0.00758. The molecule has 0 aromatic heterocycles. The Morgan fingerprint density at radius 2 is 1.72 bits per heavy atom. The SMILES string of the molecule is N#CC1(Cc2ccc(C3CCCCC3)cc2)CC1. The van der Waals surface area contributed by atoms with Crippen molar-refractivity contribution in [3.05, 3.63) is 35.4 Å². The Labute approximate surface area is 110 Å². The lowest BCUT2D eigenvalue weighted by Gasteiger charge is -2.22. The molecule has 0 radical (unpaired) electrons. The maximum atomic E-state index is 9.13. The number of hydrogen-bond acceptors (Lipinski definition) is 1. The van der Waals surface area contributed by atoms with E-state index in [0.717, 1.165) is 25.2 Å². The van der Waals surface area contributed by atoms with E-state index in [9.17, 15) is 0 Å². The lowest BCUT2D eigenvalue weighted by molar-refractivity contribution is 0.443. The summed E-state index contributed by atoms with van der Waals surface area (Å²) in [5.74, 6) is 0.790. The van der Waals surface area contributed by atoms with Crippen LogP contribution in [-0.2, 0) is 6.42 Å². The third kappa shape index (κ3) is 2.43. The fraction of sp³-hybridized carbons (Fsp3) is 0.588. The summed E-state index contributed by atoms with van der Waals surface area (Å²) in [6.45, 7) is 0. The van der Waals surface area contributed by atoms with Gasteiger partial charge in [-0.3, -0.25) is 0 Å². The van der Waals surface area contributed by atoms with Gasteiger partial charge in [0.15, 0.2) is 0 Å². The molecule has 2 aliphatic carbocycles. The molecule has 2 aliphatic rings. The predicted octanol–water partition coefficient (Wildman–Crippen LogP) is 4.58. The third-order valence-corrected chi connectivity index (χ3v) is 4.69. The highest BCUT2D eigenvalue weighted by Gasteiger charge is 2.42. The van der Waals surface area contributed by atoms with E-state index in [1.807, 2.05) is 0 Å². The predicted molar refractivity (Wildman–Crippen MR) is 73.3 cm³/mol. The Morgan fingerprint density at radius 1 is 1.06 bits per heavy atom. The van der Waals surface area contributed by atoms with E-state index in [2.05, 4.69) is 30.3 Å². The smallest absolute Gasteiger partial charge is 0.0693 e. The van der Waals surface area contributed by atoms with Crippen LogP contribution in [0.1, 0.15) is 62.0 Å². The summed E-state index contributed by atoms with van der Waals surface area (Å²) in [6, 6.07) is 11.6. The zero-order valence-electron chi connectivity index (χ0n) is 11.0. The molecule has 2 fully saturated rings. The molecule has 0 unspecified atom stereocenters. The number of nitriles is 1. The van der Waals surface area contributed by atoms with E-state index >= 15 is 0 Å². The molecule has 0 saturated heterocycles. The number of nitrogens with zero attached hydrogens (tertiary/aromatic N) is 1. The summed E-state index contributed by atoms with van der Waals surface area (Å²) < 4.78 is 0. The number of benzene rings is 1. The van der Waals surface area contributed by atoms with Crippen molar-refractivity contribution in [2.24, 2.45) is 5.41 Å². The Kier molecular flexibility index (Phi) is 3.12. The van der Waals surface area contributed by atoms with E-state index in [1.54, 1.807) is 0 Å². The van der Waals surface area contributed by atoms with Gasteiger partial charge in [-0.15, -0.1) is 0 Å². The zero-order valence-corrected chi connectivity index (χ0v) is 11.0. The van der Waals surface area contributed by atoms with Gasteiger partial charge in [0.05, 0.1) is 11.5 Å². The van der Waals surface area contributed by atoms with E-state index in [4.69, 9.17) is 5.26 Å². The molecule has 0 N–H and O–H groups in total. The quantitative estimate of drug-likeness (QED) is 0.757.